The minimum atomic E-state index is -1.45. The molecule has 35 heavy (non-hydrogen) atoms. The number of nitrogens with two attached hydrogens (primary N) is 4. The topological polar surface area (TPSA) is 295 Å². The summed E-state index contributed by atoms with van der Waals surface area (Å²) in [6.45, 7) is 0.0977. The van der Waals surface area contributed by atoms with Gasteiger partial charge in [-0.05, 0) is 19.3 Å². The highest BCUT2D eigenvalue weighted by molar-refractivity contribution is 7.80. The SMILES string of the molecule is NC(=O)CC(N)C(=O)NC(CCCN=C(N)N)C(=O)NC(CCC(=O)O)C(=O)NC(CS)C(=O)O. The number of hydrogen-bond donors (Lipinski definition) is 10. The molecule has 0 saturated heterocycles. The number of nitrogens with one attached hydrogen (secondary N) is 3. The van der Waals surface area contributed by atoms with Crippen molar-refractivity contribution in [3.63, 3.8) is 0 Å². The zero-order valence-corrected chi connectivity index (χ0v) is 19.7. The predicted molar refractivity (Wildman–Crippen MR) is 126 cm³/mol. The van der Waals surface area contributed by atoms with Crippen molar-refractivity contribution in [2.75, 3.05) is 12.3 Å². The molecule has 4 amide bonds. The first-order chi connectivity index (χ1) is 16.3. The van der Waals surface area contributed by atoms with Crippen LogP contribution in [0.1, 0.15) is 32.1 Å². The highest BCUT2D eigenvalue weighted by Crippen LogP contribution is 2.05. The number of hydrogen-bond acceptors (Lipinski definition) is 9. The molecule has 198 valence electrons. The van der Waals surface area contributed by atoms with Gasteiger partial charge in [-0.15, -0.1) is 0 Å². The number of aliphatic imine (C=N–C) groups is 1. The van der Waals surface area contributed by atoms with Crippen LogP contribution in [0.3, 0.4) is 0 Å². The third-order valence-electron chi connectivity index (χ3n) is 4.41. The number of amides is 4. The van der Waals surface area contributed by atoms with E-state index in [0.717, 1.165) is 0 Å². The maximum atomic E-state index is 12.9. The summed E-state index contributed by atoms with van der Waals surface area (Å²) < 4.78 is 0. The molecule has 4 atom stereocenters. The summed E-state index contributed by atoms with van der Waals surface area (Å²) in [5.74, 6) is -6.68. The summed E-state index contributed by atoms with van der Waals surface area (Å²) in [6, 6.07) is -5.47. The second-order valence-corrected chi connectivity index (χ2v) is 7.73. The molecular formula is C18H32N8O8S. The van der Waals surface area contributed by atoms with Crippen LogP contribution in [-0.2, 0) is 28.8 Å². The van der Waals surface area contributed by atoms with Crippen LogP contribution in [0.4, 0.5) is 0 Å². The van der Waals surface area contributed by atoms with Gasteiger partial charge in [-0.25, -0.2) is 4.79 Å². The Morgan fingerprint density at radius 3 is 1.80 bits per heavy atom. The smallest absolute Gasteiger partial charge is 0.327 e. The minimum absolute atomic E-state index is 0.0285. The Morgan fingerprint density at radius 1 is 0.829 bits per heavy atom. The Morgan fingerprint density at radius 2 is 1.34 bits per heavy atom. The van der Waals surface area contributed by atoms with Crippen molar-refractivity contribution in [2.24, 2.45) is 27.9 Å². The monoisotopic (exact) mass is 520 g/mol. The number of carbonyl (C=O) groups is 6. The van der Waals surface area contributed by atoms with E-state index >= 15 is 0 Å². The van der Waals surface area contributed by atoms with Crippen LogP contribution in [0.5, 0.6) is 0 Å². The maximum Gasteiger partial charge on any atom is 0.327 e. The molecule has 0 aromatic heterocycles. The van der Waals surface area contributed by atoms with Crippen LogP contribution in [0, 0.1) is 0 Å². The van der Waals surface area contributed by atoms with E-state index in [9.17, 15) is 28.8 Å². The quantitative estimate of drug-likeness (QED) is 0.0377. The molecule has 0 aliphatic heterocycles. The van der Waals surface area contributed by atoms with Gasteiger partial charge in [0.2, 0.25) is 23.6 Å². The Bertz CT molecular complexity index is 820. The van der Waals surface area contributed by atoms with Gasteiger partial charge in [0, 0.05) is 18.7 Å². The van der Waals surface area contributed by atoms with Gasteiger partial charge in [0.1, 0.15) is 18.1 Å². The Hall–Kier alpha value is -3.60. The number of carbonyl (C=O) groups excluding carboxylic acids is 4. The van der Waals surface area contributed by atoms with Crippen molar-refractivity contribution in [1.82, 2.24) is 16.0 Å². The second kappa shape index (κ2) is 16.1. The van der Waals surface area contributed by atoms with Crippen molar-refractivity contribution in [3.05, 3.63) is 0 Å². The number of carboxylic acid groups (broad SMARTS) is 2. The van der Waals surface area contributed by atoms with Crippen molar-refractivity contribution >= 4 is 54.2 Å². The van der Waals surface area contributed by atoms with Gasteiger partial charge >= 0.3 is 11.9 Å². The lowest BCUT2D eigenvalue weighted by Crippen LogP contribution is -2.57. The van der Waals surface area contributed by atoms with E-state index in [1.54, 1.807) is 0 Å². The molecule has 0 aliphatic carbocycles. The summed E-state index contributed by atoms with van der Waals surface area (Å²) in [7, 11) is 0. The molecule has 0 fully saturated rings. The molecule has 0 bridgehead atoms. The fraction of sp³-hybridized carbons (Fsp3) is 0.611. The van der Waals surface area contributed by atoms with E-state index in [2.05, 4.69) is 33.6 Å². The summed E-state index contributed by atoms with van der Waals surface area (Å²) in [6.07, 6.45) is -1.21. The number of thiol groups is 1. The molecule has 0 aromatic rings. The van der Waals surface area contributed by atoms with E-state index in [1.165, 1.54) is 0 Å². The van der Waals surface area contributed by atoms with E-state index in [1.807, 2.05) is 0 Å². The van der Waals surface area contributed by atoms with E-state index in [-0.39, 0.29) is 37.5 Å². The molecule has 13 N–H and O–H groups in total. The van der Waals surface area contributed by atoms with Crippen molar-refractivity contribution < 1.29 is 39.0 Å². The van der Waals surface area contributed by atoms with E-state index < -0.39 is 72.6 Å². The molecule has 0 saturated carbocycles. The van der Waals surface area contributed by atoms with Gasteiger partial charge < -0.3 is 49.1 Å². The molecule has 0 radical (unpaired) electrons. The van der Waals surface area contributed by atoms with Crippen LogP contribution in [0.25, 0.3) is 0 Å². The molecule has 0 heterocycles. The highest BCUT2D eigenvalue weighted by atomic mass is 32.1. The van der Waals surface area contributed by atoms with Gasteiger partial charge in [-0.3, -0.25) is 29.0 Å². The number of guanidine groups is 1. The summed E-state index contributed by atoms with van der Waals surface area (Å²) in [5.41, 5.74) is 21.1. The highest BCUT2D eigenvalue weighted by Gasteiger charge is 2.30. The van der Waals surface area contributed by atoms with Gasteiger partial charge in [0.25, 0.3) is 0 Å². The van der Waals surface area contributed by atoms with Crippen LogP contribution in [0.15, 0.2) is 4.99 Å². The summed E-state index contributed by atoms with van der Waals surface area (Å²) in [4.78, 5) is 74.7. The second-order valence-electron chi connectivity index (χ2n) is 7.36. The lowest BCUT2D eigenvalue weighted by molar-refractivity contribution is -0.142. The van der Waals surface area contributed by atoms with Crippen LogP contribution < -0.4 is 38.9 Å². The first-order valence-corrected chi connectivity index (χ1v) is 11.0. The van der Waals surface area contributed by atoms with Gasteiger partial charge in [-0.2, -0.15) is 12.6 Å². The van der Waals surface area contributed by atoms with Crippen LogP contribution in [-0.4, -0.2) is 88.2 Å². The van der Waals surface area contributed by atoms with Gasteiger partial charge in [0.15, 0.2) is 5.96 Å². The van der Waals surface area contributed by atoms with Crippen LogP contribution >= 0.6 is 12.6 Å². The van der Waals surface area contributed by atoms with Crippen molar-refractivity contribution in [2.45, 2.75) is 56.3 Å². The molecular weight excluding hydrogens is 488 g/mol. The lowest BCUT2D eigenvalue weighted by Gasteiger charge is -2.24. The fourth-order valence-electron chi connectivity index (χ4n) is 2.63. The zero-order chi connectivity index (χ0) is 27.1. The Labute approximate surface area is 206 Å². The Kier molecular flexibility index (Phi) is 14.4. The molecule has 0 rings (SSSR count). The average Bonchev–Trinajstić information content (AvgIpc) is 2.75. The molecule has 0 aromatic carbocycles. The minimum Gasteiger partial charge on any atom is -0.481 e. The molecule has 4 unspecified atom stereocenters. The Balaban J connectivity index is 5.60. The van der Waals surface area contributed by atoms with E-state index in [0.29, 0.717) is 0 Å². The zero-order valence-electron chi connectivity index (χ0n) is 18.8. The lowest BCUT2D eigenvalue weighted by atomic mass is 10.1. The average molecular weight is 521 g/mol. The first-order valence-electron chi connectivity index (χ1n) is 10.3. The number of nitrogens with zero attached hydrogens (tertiary/aromatic N) is 1. The molecule has 0 aliphatic rings. The standard InChI is InChI=1S/C18H32N8O8S/c19-8(6-12(20)27)14(30)24-9(2-1-5-23-18(21)22)15(31)25-10(3-4-13(28)29)16(32)26-11(7-35)17(33)34/h8-11,35H,1-7,19H2,(H2,20,27)(H,24,30)(H,25,31)(H,26,32)(H,28,29)(H,33,34)(H4,21,22,23). The molecule has 17 heteroatoms. The van der Waals surface area contributed by atoms with Crippen LogP contribution in [0.2, 0.25) is 0 Å². The third-order valence-corrected chi connectivity index (χ3v) is 4.78. The molecule has 16 nitrogen and oxygen atoms in total. The third kappa shape index (κ3) is 13.6. The van der Waals surface area contributed by atoms with Gasteiger partial charge in [0.05, 0.1) is 12.5 Å². The normalized spacial score (nSPS) is 13.9. The first kappa shape index (κ1) is 31.4. The summed E-state index contributed by atoms with van der Waals surface area (Å²) >= 11 is 3.83. The van der Waals surface area contributed by atoms with Crippen molar-refractivity contribution in [3.8, 4) is 0 Å². The number of carboxylic acids is 2. The number of primary amides is 1. The maximum absolute atomic E-state index is 12.9. The molecule has 0 spiro atoms. The number of rotatable bonds is 17. The number of aliphatic carboxylic acids is 2. The predicted octanol–water partition coefficient (Wildman–Crippen LogP) is -4.42. The largest absolute Gasteiger partial charge is 0.481 e. The summed E-state index contributed by atoms with van der Waals surface area (Å²) in [5, 5.41) is 24.9. The van der Waals surface area contributed by atoms with Gasteiger partial charge in [-0.1, -0.05) is 0 Å². The fourth-order valence-corrected chi connectivity index (χ4v) is 2.87. The van der Waals surface area contributed by atoms with Crippen molar-refractivity contribution in [1.29, 1.82) is 0 Å². The van der Waals surface area contributed by atoms with E-state index in [4.69, 9.17) is 33.1 Å².